The molecule has 1 aromatic heterocycles. The van der Waals surface area contributed by atoms with Gasteiger partial charge in [0.05, 0.1) is 0 Å². The Hall–Kier alpha value is -1.96. The highest BCUT2D eigenvalue weighted by Crippen LogP contribution is 2.11. The Balaban J connectivity index is 2.48. The van der Waals surface area contributed by atoms with E-state index in [1.54, 1.807) is 0 Å². The number of ketones is 1. The molecule has 0 bridgehead atoms. The van der Waals surface area contributed by atoms with Crippen LogP contribution in [-0.2, 0) is 7.05 Å². The molecule has 80 valence electrons. The zero-order valence-electron chi connectivity index (χ0n) is 9.47. The molecule has 1 aromatic carbocycles. The second-order valence-corrected chi connectivity index (χ2v) is 3.84. The topological polar surface area (TPSA) is 20.9 Å². The molecule has 16 heavy (non-hydrogen) atoms. The number of aryl methyl sites for hydroxylation is 2. The summed E-state index contributed by atoms with van der Waals surface area (Å²) in [5.41, 5.74) is 2.48. The Morgan fingerprint density at radius 3 is 2.44 bits per heavy atom. The average molecular weight is 212 g/mol. The van der Waals surface area contributed by atoms with Gasteiger partial charge in [0.15, 0.2) is 6.20 Å². The summed E-state index contributed by atoms with van der Waals surface area (Å²) in [7, 11) is 1.88. The Kier molecular flexibility index (Phi) is 2.82. The van der Waals surface area contributed by atoms with Crippen molar-refractivity contribution in [3.63, 3.8) is 0 Å². The Morgan fingerprint density at radius 1 is 1.06 bits per heavy atom. The molecule has 0 atom stereocenters. The van der Waals surface area contributed by atoms with Gasteiger partial charge in [-0.15, -0.1) is 0 Å². The number of benzene rings is 1. The minimum Gasteiger partial charge on any atom is -0.282 e. The summed E-state index contributed by atoms with van der Waals surface area (Å²) in [4.78, 5) is 12.3. The molecule has 0 aliphatic heterocycles. The Labute approximate surface area is 95.2 Å². The van der Waals surface area contributed by atoms with E-state index in [1.165, 1.54) is 0 Å². The summed E-state index contributed by atoms with van der Waals surface area (Å²) in [6.45, 7) is 1.95. The lowest BCUT2D eigenvalue weighted by atomic mass is 10.0. The lowest BCUT2D eigenvalue weighted by Crippen LogP contribution is -2.35. The number of carbonyl (C=O) groups excluding carboxylic acids is 1. The third-order valence-electron chi connectivity index (χ3n) is 2.68. The van der Waals surface area contributed by atoms with Gasteiger partial charge in [-0.2, -0.15) is 4.57 Å². The summed E-state index contributed by atoms with van der Waals surface area (Å²) in [5.74, 6) is 0.0706. The second kappa shape index (κ2) is 4.27. The first-order chi connectivity index (χ1) is 7.70. The standard InChI is InChI=1S/C14H14NO/c1-11-7-3-4-8-12(11)14(16)13-9-5-6-10-15(13)2/h3-10H,1-2H3/q+1. The third-order valence-corrected chi connectivity index (χ3v) is 2.68. The number of nitrogens with zero attached hydrogens (tertiary/aromatic N) is 1. The van der Waals surface area contributed by atoms with E-state index in [2.05, 4.69) is 0 Å². The largest absolute Gasteiger partial charge is 0.282 e. The minimum atomic E-state index is 0.0706. The summed E-state index contributed by atoms with van der Waals surface area (Å²) in [5, 5.41) is 0. The molecule has 2 nitrogen and oxygen atoms in total. The zero-order chi connectivity index (χ0) is 11.5. The van der Waals surface area contributed by atoms with Crippen LogP contribution in [0.1, 0.15) is 21.6 Å². The van der Waals surface area contributed by atoms with E-state index in [1.807, 2.05) is 67.2 Å². The van der Waals surface area contributed by atoms with Crippen LogP contribution in [0, 0.1) is 6.92 Å². The summed E-state index contributed by atoms with van der Waals surface area (Å²) >= 11 is 0. The normalized spacial score (nSPS) is 10.1. The van der Waals surface area contributed by atoms with Crippen molar-refractivity contribution in [3.05, 3.63) is 65.5 Å². The summed E-state index contributed by atoms with van der Waals surface area (Å²) in [6, 6.07) is 13.3. The second-order valence-electron chi connectivity index (χ2n) is 3.84. The predicted octanol–water partition coefficient (Wildman–Crippen LogP) is 2.05. The molecule has 0 radical (unpaired) electrons. The average Bonchev–Trinajstić information content (AvgIpc) is 2.29. The Morgan fingerprint density at radius 2 is 1.75 bits per heavy atom. The van der Waals surface area contributed by atoms with Crippen molar-refractivity contribution in [1.82, 2.24) is 0 Å². The van der Waals surface area contributed by atoms with Crippen molar-refractivity contribution in [2.45, 2.75) is 6.92 Å². The third kappa shape index (κ3) is 1.87. The van der Waals surface area contributed by atoms with Crippen molar-refractivity contribution in [2.75, 3.05) is 0 Å². The first kappa shape index (κ1) is 10.6. The molecule has 0 unspecified atom stereocenters. The van der Waals surface area contributed by atoms with Crippen LogP contribution in [-0.4, -0.2) is 5.78 Å². The highest BCUT2D eigenvalue weighted by Gasteiger charge is 2.18. The highest BCUT2D eigenvalue weighted by molar-refractivity contribution is 6.07. The molecule has 0 aliphatic rings. The van der Waals surface area contributed by atoms with Crippen LogP contribution in [0.15, 0.2) is 48.7 Å². The smallest absolute Gasteiger partial charge is 0.257 e. The van der Waals surface area contributed by atoms with Crippen LogP contribution in [0.2, 0.25) is 0 Å². The predicted molar refractivity (Wildman–Crippen MR) is 62.2 cm³/mol. The van der Waals surface area contributed by atoms with E-state index in [4.69, 9.17) is 0 Å². The van der Waals surface area contributed by atoms with Crippen LogP contribution in [0.3, 0.4) is 0 Å². The molecular formula is C14H14NO+. The molecule has 0 N–H and O–H groups in total. The van der Waals surface area contributed by atoms with Gasteiger partial charge in [0.1, 0.15) is 7.05 Å². The summed E-state index contributed by atoms with van der Waals surface area (Å²) < 4.78 is 1.84. The molecule has 0 aliphatic carbocycles. The lowest BCUT2D eigenvalue weighted by molar-refractivity contribution is -0.673. The molecule has 0 saturated heterocycles. The molecule has 1 heterocycles. The van der Waals surface area contributed by atoms with Gasteiger partial charge in [0, 0.05) is 17.7 Å². The molecule has 2 heteroatoms. The van der Waals surface area contributed by atoms with E-state index in [-0.39, 0.29) is 5.78 Å². The fourth-order valence-electron chi connectivity index (χ4n) is 1.72. The Bertz CT molecular complexity index is 484. The van der Waals surface area contributed by atoms with E-state index < -0.39 is 0 Å². The maximum Gasteiger partial charge on any atom is 0.257 e. The van der Waals surface area contributed by atoms with Gasteiger partial charge in [-0.05, 0) is 18.6 Å². The molecule has 0 amide bonds. The number of carbonyl (C=O) groups is 1. The fourth-order valence-corrected chi connectivity index (χ4v) is 1.72. The zero-order valence-corrected chi connectivity index (χ0v) is 9.47. The van der Waals surface area contributed by atoms with Gasteiger partial charge >= 0.3 is 0 Å². The molecule has 2 aromatic rings. The van der Waals surface area contributed by atoms with Gasteiger partial charge in [0.2, 0.25) is 0 Å². The number of hydrogen-bond donors (Lipinski definition) is 0. The van der Waals surface area contributed by atoms with Gasteiger partial charge < -0.3 is 0 Å². The van der Waals surface area contributed by atoms with Gasteiger partial charge in [-0.25, -0.2) is 0 Å². The van der Waals surface area contributed by atoms with Crippen LogP contribution >= 0.6 is 0 Å². The highest BCUT2D eigenvalue weighted by atomic mass is 16.1. The molecule has 2 rings (SSSR count). The minimum absolute atomic E-state index is 0.0706. The SMILES string of the molecule is Cc1ccccc1C(=O)c1cccc[n+]1C. The molecular weight excluding hydrogens is 198 g/mol. The van der Waals surface area contributed by atoms with Crippen molar-refractivity contribution >= 4 is 5.78 Å². The number of hydrogen-bond acceptors (Lipinski definition) is 1. The van der Waals surface area contributed by atoms with E-state index in [0.29, 0.717) is 5.69 Å². The van der Waals surface area contributed by atoms with Gasteiger partial charge in [0.25, 0.3) is 11.5 Å². The molecule has 0 saturated carbocycles. The van der Waals surface area contributed by atoms with Crippen LogP contribution in [0.5, 0.6) is 0 Å². The van der Waals surface area contributed by atoms with E-state index in [9.17, 15) is 4.79 Å². The number of pyridine rings is 1. The van der Waals surface area contributed by atoms with Crippen LogP contribution < -0.4 is 4.57 Å². The van der Waals surface area contributed by atoms with Crippen molar-refractivity contribution < 1.29 is 9.36 Å². The van der Waals surface area contributed by atoms with Crippen LogP contribution in [0.4, 0.5) is 0 Å². The quantitative estimate of drug-likeness (QED) is 0.551. The first-order valence-electron chi connectivity index (χ1n) is 5.25. The maximum absolute atomic E-state index is 12.3. The summed E-state index contributed by atoms with van der Waals surface area (Å²) in [6.07, 6.45) is 1.88. The van der Waals surface area contributed by atoms with Crippen molar-refractivity contribution in [3.8, 4) is 0 Å². The van der Waals surface area contributed by atoms with Crippen LogP contribution in [0.25, 0.3) is 0 Å². The van der Waals surface area contributed by atoms with E-state index >= 15 is 0 Å². The fraction of sp³-hybridized carbons (Fsp3) is 0.143. The van der Waals surface area contributed by atoms with Crippen molar-refractivity contribution in [2.24, 2.45) is 7.05 Å². The molecule has 0 spiro atoms. The number of rotatable bonds is 2. The van der Waals surface area contributed by atoms with E-state index in [0.717, 1.165) is 11.1 Å². The maximum atomic E-state index is 12.3. The lowest BCUT2D eigenvalue weighted by Gasteiger charge is -2.02. The van der Waals surface area contributed by atoms with Gasteiger partial charge in [-0.3, -0.25) is 4.79 Å². The molecule has 0 fully saturated rings. The van der Waals surface area contributed by atoms with Crippen molar-refractivity contribution in [1.29, 1.82) is 0 Å². The first-order valence-corrected chi connectivity index (χ1v) is 5.25. The number of aromatic nitrogens is 1. The van der Waals surface area contributed by atoms with Gasteiger partial charge in [-0.1, -0.05) is 24.3 Å². The monoisotopic (exact) mass is 212 g/mol.